The summed E-state index contributed by atoms with van der Waals surface area (Å²) in [6.45, 7) is 0. The topological polar surface area (TPSA) is 46.5 Å². The molecule has 1 saturated carbocycles. The standard InChI is InChI=1S/C14H16O3/c1-17-13(15)11-8-14(16)7-6-9-4-2-3-5-10(9)12(11)14/h2-5,11-12,16H,6-8H2,1H3/t11-,12+,14+/m0/s1. The molecule has 17 heavy (non-hydrogen) atoms. The fourth-order valence-electron chi connectivity index (χ4n) is 3.39. The molecule has 1 aromatic carbocycles. The van der Waals surface area contributed by atoms with Crippen LogP contribution in [0.1, 0.15) is 29.9 Å². The molecule has 3 rings (SSSR count). The number of hydrogen-bond donors (Lipinski definition) is 1. The van der Waals surface area contributed by atoms with Crippen molar-refractivity contribution in [1.29, 1.82) is 0 Å². The summed E-state index contributed by atoms with van der Waals surface area (Å²) in [4.78, 5) is 11.7. The highest BCUT2D eigenvalue weighted by Crippen LogP contribution is 2.56. The SMILES string of the molecule is COC(=O)[C@H]1C[C@]2(O)CCc3ccccc3[C@H]12. The average molecular weight is 232 g/mol. The van der Waals surface area contributed by atoms with Crippen molar-refractivity contribution in [3.05, 3.63) is 35.4 Å². The first-order chi connectivity index (χ1) is 8.15. The Morgan fingerprint density at radius 3 is 3.00 bits per heavy atom. The number of hydrogen-bond acceptors (Lipinski definition) is 3. The van der Waals surface area contributed by atoms with Gasteiger partial charge in [-0.05, 0) is 30.4 Å². The summed E-state index contributed by atoms with van der Waals surface area (Å²) in [7, 11) is 1.41. The molecule has 0 unspecified atom stereocenters. The first-order valence-corrected chi connectivity index (χ1v) is 6.04. The first-order valence-electron chi connectivity index (χ1n) is 6.04. The van der Waals surface area contributed by atoms with Gasteiger partial charge in [0.15, 0.2) is 0 Å². The van der Waals surface area contributed by atoms with E-state index < -0.39 is 5.60 Å². The van der Waals surface area contributed by atoms with Gasteiger partial charge in [0, 0.05) is 5.92 Å². The van der Waals surface area contributed by atoms with E-state index in [1.165, 1.54) is 12.7 Å². The molecule has 0 radical (unpaired) electrons. The quantitative estimate of drug-likeness (QED) is 0.749. The highest BCUT2D eigenvalue weighted by molar-refractivity contribution is 5.76. The molecule has 0 bridgehead atoms. The van der Waals surface area contributed by atoms with Crippen LogP contribution in [-0.2, 0) is 16.0 Å². The monoisotopic (exact) mass is 232 g/mol. The third-order valence-corrected chi connectivity index (χ3v) is 4.28. The molecule has 3 heteroatoms. The predicted octanol–water partition coefficient (Wildman–Crippen LogP) is 1.64. The van der Waals surface area contributed by atoms with Gasteiger partial charge >= 0.3 is 5.97 Å². The van der Waals surface area contributed by atoms with Gasteiger partial charge in [-0.1, -0.05) is 24.3 Å². The minimum absolute atomic E-state index is 0.0695. The fourth-order valence-corrected chi connectivity index (χ4v) is 3.39. The summed E-state index contributed by atoms with van der Waals surface area (Å²) < 4.78 is 4.81. The number of carbonyl (C=O) groups excluding carboxylic acids is 1. The molecule has 0 aromatic heterocycles. The van der Waals surface area contributed by atoms with Crippen LogP contribution in [0.5, 0.6) is 0 Å². The summed E-state index contributed by atoms with van der Waals surface area (Å²) in [5.74, 6) is -0.442. The van der Waals surface area contributed by atoms with Crippen LogP contribution >= 0.6 is 0 Å². The smallest absolute Gasteiger partial charge is 0.309 e. The number of aryl methyl sites for hydroxylation is 1. The maximum atomic E-state index is 11.7. The second kappa shape index (κ2) is 3.57. The minimum atomic E-state index is -0.687. The largest absolute Gasteiger partial charge is 0.469 e. The normalized spacial score (nSPS) is 34.2. The van der Waals surface area contributed by atoms with Gasteiger partial charge in [-0.3, -0.25) is 4.79 Å². The maximum absolute atomic E-state index is 11.7. The predicted molar refractivity (Wildman–Crippen MR) is 62.6 cm³/mol. The van der Waals surface area contributed by atoms with E-state index >= 15 is 0 Å². The van der Waals surface area contributed by atoms with Crippen LogP contribution in [0.2, 0.25) is 0 Å². The molecule has 3 nitrogen and oxygen atoms in total. The molecular formula is C14H16O3. The zero-order valence-electron chi connectivity index (χ0n) is 9.85. The van der Waals surface area contributed by atoms with Gasteiger partial charge in [0.25, 0.3) is 0 Å². The van der Waals surface area contributed by atoms with Crippen molar-refractivity contribution in [1.82, 2.24) is 0 Å². The number of esters is 1. The van der Waals surface area contributed by atoms with Crippen molar-refractivity contribution in [2.24, 2.45) is 5.92 Å². The number of ether oxygens (including phenoxy) is 1. The highest BCUT2D eigenvalue weighted by Gasteiger charge is 2.58. The Balaban J connectivity index is 2.00. The van der Waals surface area contributed by atoms with E-state index in [-0.39, 0.29) is 17.8 Å². The molecule has 0 spiro atoms. The van der Waals surface area contributed by atoms with Crippen LogP contribution in [0.4, 0.5) is 0 Å². The van der Waals surface area contributed by atoms with Crippen molar-refractivity contribution in [3.8, 4) is 0 Å². The Hall–Kier alpha value is -1.35. The number of carbonyl (C=O) groups is 1. The zero-order valence-corrected chi connectivity index (χ0v) is 9.85. The molecule has 0 amide bonds. The van der Waals surface area contributed by atoms with E-state index in [1.807, 2.05) is 18.2 Å². The van der Waals surface area contributed by atoms with Crippen molar-refractivity contribution in [2.45, 2.75) is 30.8 Å². The van der Waals surface area contributed by atoms with E-state index in [0.29, 0.717) is 6.42 Å². The molecule has 1 N–H and O–H groups in total. The summed E-state index contributed by atoms with van der Waals surface area (Å²) in [5, 5.41) is 10.5. The third kappa shape index (κ3) is 1.42. The van der Waals surface area contributed by atoms with Crippen molar-refractivity contribution in [2.75, 3.05) is 7.11 Å². The molecule has 2 aliphatic rings. The number of fused-ring (bicyclic) bond motifs is 3. The second-order valence-electron chi connectivity index (χ2n) is 5.11. The molecule has 1 aromatic rings. The summed E-state index contributed by atoms with van der Waals surface area (Å²) >= 11 is 0. The maximum Gasteiger partial charge on any atom is 0.309 e. The van der Waals surface area contributed by atoms with Gasteiger partial charge < -0.3 is 9.84 Å². The molecule has 0 saturated heterocycles. The molecule has 1 fully saturated rings. The van der Waals surface area contributed by atoms with Crippen LogP contribution in [-0.4, -0.2) is 23.8 Å². The van der Waals surface area contributed by atoms with E-state index in [4.69, 9.17) is 4.74 Å². The second-order valence-corrected chi connectivity index (χ2v) is 5.11. The zero-order chi connectivity index (χ0) is 12.0. The van der Waals surface area contributed by atoms with Crippen LogP contribution < -0.4 is 0 Å². The lowest BCUT2D eigenvalue weighted by atomic mass is 9.53. The Kier molecular flexibility index (Phi) is 2.26. The van der Waals surface area contributed by atoms with Crippen molar-refractivity contribution < 1.29 is 14.6 Å². The van der Waals surface area contributed by atoms with Crippen LogP contribution in [0.3, 0.4) is 0 Å². The van der Waals surface area contributed by atoms with Gasteiger partial charge in [0.1, 0.15) is 0 Å². The first kappa shape index (κ1) is 10.8. The lowest BCUT2D eigenvalue weighted by Gasteiger charge is -2.53. The van der Waals surface area contributed by atoms with Crippen molar-refractivity contribution in [3.63, 3.8) is 0 Å². The van der Waals surface area contributed by atoms with Gasteiger partial charge in [0.2, 0.25) is 0 Å². The number of benzene rings is 1. The molecular weight excluding hydrogens is 216 g/mol. The molecule has 3 atom stereocenters. The fraction of sp³-hybridized carbons (Fsp3) is 0.500. The van der Waals surface area contributed by atoms with E-state index in [0.717, 1.165) is 18.4 Å². The van der Waals surface area contributed by atoms with Gasteiger partial charge in [-0.25, -0.2) is 0 Å². The number of rotatable bonds is 1. The van der Waals surface area contributed by atoms with E-state index in [2.05, 4.69) is 6.07 Å². The molecule has 0 heterocycles. The van der Waals surface area contributed by atoms with Crippen LogP contribution in [0.25, 0.3) is 0 Å². The van der Waals surface area contributed by atoms with Crippen LogP contribution in [0, 0.1) is 5.92 Å². The van der Waals surface area contributed by atoms with E-state index in [1.54, 1.807) is 0 Å². The lowest BCUT2D eigenvalue weighted by molar-refractivity contribution is -0.170. The number of methoxy groups -OCH3 is 1. The van der Waals surface area contributed by atoms with Gasteiger partial charge in [0.05, 0.1) is 18.6 Å². The molecule has 2 aliphatic carbocycles. The Labute approximate surface area is 100 Å². The summed E-state index contributed by atoms with van der Waals surface area (Å²) in [6.07, 6.45) is 2.19. The summed E-state index contributed by atoms with van der Waals surface area (Å²) in [6, 6.07) is 8.09. The Morgan fingerprint density at radius 2 is 2.24 bits per heavy atom. The number of aliphatic hydroxyl groups is 1. The van der Waals surface area contributed by atoms with E-state index in [9.17, 15) is 9.90 Å². The molecule has 90 valence electrons. The summed E-state index contributed by atoms with van der Waals surface area (Å²) in [5.41, 5.74) is 1.70. The Morgan fingerprint density at radius 1 is 1.47 bits per heavy atom. The minimum Gasteiger partial charge on any atom is -0.469 e. The average Bonchev–Trinajstić information content (AvgIpc) is 2.33. The Bertz CT molecular complexity index is 468. The third-order valence-electron chi connectivity index (χ3n) is 4.28. The van der Waals surface area contributed by atoms with Gasteiger partial charge in [-0.2, -0.15) is 0 Å². The van der Waals surface area contributed by atoms with Gasteiger partial charge in [-0.15, -0.1) is 0 Å². The lowest BCUT2D eigenvalue weighted by Crippen LogP contribution is -2.57. The molecule has 0 aliphatic heterocycles. The van der Waals surface area contributed by atoms with Crippen molar-refractivity contribution >= 4 is 5.97 Å². The van der Waals surface area contributed by atoms with Crippen LogP contribution in [0.15, 0.2) is 24.3 Å². The highest BCUT2D eigenvalue weighted by atomic mass is 16.5.